The average Bonchev–Trinajstić information content (AvgIpc) is 0.918. The van der Waals surface area contributed by atoms with E-state index in [1.165, 1.54) is 5.28 Å². The standard InChI is InChI=1S/C2H5.Al.3ClH.W/c1-2;;;;;/h1H2,2H3;;3*1H;. The molecule has 0 saturated carbocycles. The van der Waals surface area contributed by atoms with Gasteiger partial charge in [-0.3, -0.25) is 0 Å². The average molecular weight is 349 g/mol. The molecule has 0 aliphatic heterocycles. The van der Waals surface area contributed by atoms with Gasteiger partial charge < -0.3 is 0 Å². The molecule has 7 heavy (non-hydrogen) atoms. The minimum absolute atomic E-state index is 0. The molecule has 0 aromatic heterocycles. The minimum Gasteiger partial charge on any atom is -0.147 e. The third-order valence-electron chi connectivity index (χ3n) is 0. The first-order chi connectivity index (χ1) is 1.41. The van der Waals surface area contributed by atoms with Gasteiger partial charge in [-0.05, 0) is 0 Å². The maximum atomic E-state index is 2.58. The Morgan fingerprint density at radius 3 is 1.14 bits per heavy atom. The Bertz CT molecular complexity index is 12.9. The molecule has 0 atom stereocenters. The predicted molar refractivity (Wildman–Crippen MR) is 38.0 cm³/mol. The van der Waals surface area contributed by atoms with Crippen molar-refractivity contribution in [2.45, 2.75) is 12.2 Å². The summed E-state index contributed by atoms with van der Waals surface area (Å²) in [6.07, 6.45) is 0. The van der Waals surface area contributed by atoms with Crippen molar-refractivity contribution in [3.05, 3.63) is 0 Å². The number of rotatable bonds is 0. The van der Waals surface area contributed by atoms with Crippen LogP contribution in [0.2, 0.25) is 5.28 Å². The second-order valence-corrected chi connectivity index (χ2v) is 1.22. The van der Waals surface area contributed by atoms with Crippen LogP contribution in [0, 0.1) is 0 Å². The fourth-order valence-electron chi connectivity index (χ4n) is 0. The summed E-state index contributed by atoms with van der Waals surface area (Å²) < 4.78 is 0. The van der Waals surface area contributed by atoms with Gasteiger partial charge in [0.25, 0.3) is 0 Å². The quantitative estimate of drug-likeness (QED) is 0.586. The van der Waals surface area contributed by atoms with E-state index in [2.05, 4.69) is 23.2 Å². The van der Waals surface area contributed by atoms with E-state index in [0.717, 1.165) is 0 Å². The Hall–Kier alpha value is 2.09. The Morgan fingerprint density at radius 1 is 1.14 bits per heavy atom. The van der Waals surface area contributed by atoms with Gasteiger partial charge in [-0.1, -0.05) is 6.92 Å². The molecule has 5 heteroatoms. The van der Waals surface area contributed by atoms with E-state index in [4.69, 9.17) is 0 Å². The van der Waals surface area contributed by atoms with E-state index in [1.54, 1.807) is 0 Å². The van der Waals surface area contributed by atoms with E-state index < -0.39 is 0 Å². The fraction of sp³-hybridized carbons (Fsp3) is 1.00. The van der Waals surface area contributed by atoms with Crippen molar-refractivity contribution < 1.29 is 21.1 Å². The summed E-state index contributed by atoms with van der Waals surface area (Å²) in [7, 11) is 0. The SMILES string of the molecule is C[CH2][Al].Cl.Cl.Cl.[W]. The maximum Gasteiger partial charge on any atom is 0.117 e. The molecule has 0 fully saturated rings. The maximum absolute atomic E-state index is 2.58. The topological polar surface area (TPSA) is 0 Å². The van der Waals surface area contributed by atoms with Gasteiger partial charge in [-0.15, -0.1) is 42.5 Å². The van der Waals surface area contributed by atoms with Crippen LogP contribution in [0.3, 0.4) is 0 Å². The van der Waals surface area contributed by atoms with Gasteiger partial charge in [0.1, 0.15) is 16.3 Å². The predicted octanol–water partition coefficient (Wildman–Crippen LogP) is 1.86. The smallest absolute Gasteiger partial charge is 0.117 e. The molecule has 0 N–H and O–H groups in total. The van der Waals surface area contributed by atoms with Gasteiger partial charge in [0.2, 0.25) is 0 Å². The number of hydrogen-bond donors (Lipinski definition) is 0. The Kier molecular flexibility index (Phi) is 216. The fourth-order valence-corrected chi connectivity index (χ4v) is 0. The molecule has 0 aliphatic carbocycles. The normalized spacial score (nSPS) is 2.43. The Labute approximate surface area is 86.1 Å². The summed E-state index contributed by atoms with van der Waals surface area (Å²) in [5.41, 5.74) is 0. The van der Waals surface area contributed by atoms with Gasteiger partial charge in [0.05, 0.1) is 0 Å². The van der Waals surface area contributed by atoms with Crippen LogP contribution in [0.1, 0.15) is 6.92 Å². The summed E-state index contributed by atoms with van der Waals surface area (Å²) >= 11 is 2.58. The number of halogens is 3. The summed E-state index contributed by atoms with van der Waals surface area (Å²) in [6.45, 7) is 2.09. The molecule has 46 valence electrons. The number of hydrogen-bond acceptors (Lipinski definition) is 0. The van der Waals surface area contributed by atoms with Gasteiger partial charge in [0, 0.05) is 21.1 Å². The monoisotopic (exact) mass is 348 g/mol. The second-order valence-electron chi connectivity index (χ2n) is 0.408. The van der Waals surface area contributed by atoms with E-state index in [0.29, 0.717) is 0 Å². The van der Waals surface area contributed by atoms with Crippen LogP contribution in [-0.2, 0) is 21.1 Å². The van der Waals surface area contributed by atoms with E-state index >= 15 is 0 Å². The zero-order chi connectivity index (χ0) is 2.71. The molecule has 0 aromatic carbocycles. The van der Waals surface area contributed by atoms with Crippen LogP contribution in [0.4, 0.5) is 0 Å². The third kappa shape index (κ3) is 68.7. The molecule has 0 rings (SSSR count). The van der Waals surface area contributed by atoms with Gasteiger partial charge in [-0.25, -0.2) is 0 Å². The van der Waals surface area contributed by atoms with E-state index in [1.807, 2.05) is 0 Å². The van der Waals surface area contributed by atoms with Gasteiger partial charge in [0.15, 0.2) is 0 Å². The molecule has 0 spiro atoms. The molecular weight excluding hydrogens is 341 g/mol. The minimum atomic E-state index is 0. The molecule has 0 saturated heterocycles. The van der Waals surface area contributed by atoms with Gasteiger partial charge in [-0.2, -0.15) is 0 Å². The molecule has 0 aliphatic rings. The summed E-state index contributed by atoms with van der Waals surface area (Å²) in [6, 6.07) is 0. The first kappa shape index (κ1) is 35.6. The van der Waals surface area contributed by atoms with Crippen LogP contribution in [-0.4, -0.2) is 16.3 Å². The van der Waals surface area contributed by atoms with Crippen LogP contribution in [0.25, 0.3) is 0 Å². The molecule has 0 unspecified atom stereocenters. The molecular formula is C2H8AlCl3W. The largest absolute Gasteiger partial charge is 0.147 e. The van der Waals surface area contributed by atoms with Crippen LogP contribution in [0.15, 0.2) is 0 Å². The van der Waals surface area contributed by atoms with Crippen molar-refractivity contribution in [2.24, 2.45) is 0 Å². The first-order valence-corrected chi connectivity index (χ1v) is 1.93. The van der Waals surface area contributed by atoms with Crippen molar-refractivity contribution in [2.75, 3.05) is 0 Å². The van der Waals surface area contributed by atoms with Crippen molar-refractivity contribution in [1.29, 1.82) is 0 Å². The van der Waals surface area contributed by atoms with Crippen molar-refractivity contribution in [3.8, 4) is 0 Å². The molecule has 0 nitrogen and oxygen atoms in total. The molecule has 0 aromatic rings. The first-order valence-electron chi connectivity index (χ1n) is 1.12. The molecule has 0 bridgehead atoms. The Balaban J connectivity index is -0.00000000333. The van der Waals surface area contributed by atoms with Gasteiger partial charge >= 0.3 is 0 Å². The van der Waals surface area contributed by atoms with Crippen molar-refractivity contribution in [3.63, 3.8) is 0 Å². The van der Waals surface area contributed by atoms with Crippen LogP contribution in [0.5, 0.6) is 0 Å². The van der Waals surface area contributed by atoms with Crippen LogP contribution >= 0.6 is 37.2 Å². The molecule has 0 amide bonds. The third-order valence-corrected chi connectivity index (χ3v) is 0. The van der Waals surface area contributed by atoms with Crippen molar-refractivity contribution >= 4 is 53.5 Å². The second kappa shape index (κ2) is 42.6. The zero-order valence-electron chi connectivity index (χ0n) is 3.92. The molecule has 0 heterocycles. The van der Waals surface area contributed by atoms with E-state index in [9.17, 15) is 0 Å². The molecule has 2 radical (unpaired) electrons. The summed E-state index contributed by atoms with van der Waals surface area (Å²) in [4.78, 5) is 0. The van der Waals surface area contributed by atoms with Crippen LogP contribution < -0.4 is 0 Å². The van der Waals surface area contributed by atoms with Crippen molar-refractivity contribution in [1.82, 2.24) is 0 Å². The van der Waals surface area contributed by atoms with E-state index in [-0.39, 0.29) is 58.3 Å². The zero-order valence-corrected chi connectivity index (χ0v) is 10.5. The summed E-state index contributed by atoms with van der Waals surface area (Å²) in [5, 5.41) is 1.17. The Morgan fingerprint density at radius 2 is 1.14 bits per heavy atom. The summed E-state index contributed by atoms with van der Waals surface area (Å²) in [5.74, 6) is 0.